The van der Waals surface area contributed by atoms with Gasteiger partial charge < -0.3 is 14.6 Å². The number of hydrogen-bond acceptors (Lipinski definition) is 4. The fraction of sp³-hybridized carbons (Fsp3) is 0.143. The highest BCUT2D eigenvalue weighted by atomic mass is 16.5. The van der Waals surface area contributed by atoms with Crippen LogP contribution in [0.25, 0.3) is 0 Å². The third kappa shape index (κ3) is 3.13. The van der Waals surface area contributed by atoms with Crippen LogP contribution in [0.15, 0.2) is 34.9 Å². The molecule has 0 saturated heterocycles. The molecule has 2 aromatic rings. The van der Waals surface area contributed by atoms with E-state index in [9.17, 15) is 4.79 Å². The molecule has 96 valence electrons. The fourth-order valence-electron chi connectivity index (χ4n) is 1.48. The minimum atomic E-state index is -0.207. The van der Waals surface area contributed by atoms with Crippen molar-refractivity contribution in [2.24, 2.45) is 0 Å². The van der Waals surface area contributed by atoms with E-state index in [4.69, 9.17) is 15.7 Å². The van der Waals surface area contributed by atoms with Crippen molar-refractivity contribution in [3.63, 3.8) is 0 Å². The number of terminal acetylenes is 1. The molecule has 0 saturated carbocycles. The van der Waals surface area contributed by atoms with Crippen LogP contribution < -0.4 is 10.1 Å². The van der Waals surface area contributed by atoms with Crippen LogP contribution >= 0.6 is 0 Å². The molecule has 1 amide bonds. The van der Waals surface area contributed by atoms with Gasteiger partial charge in [0.15, 0.2) is 11.5 Å². The number of benzene rings is 1. The lowest BCUT2D eigenvalue weighted by Crippen LogP contribution is -2.22. The molecule has 0 aliphatic rings. The zero-order valence-corrected chi connectivity index (χ0v) is 10.3. The molecule has 1 N–H and O–H groups in total. The van der Waals surface area contributed by atoms with Gasteiger partial charge in [0.2, 0.25) is 0 Å². The van der Waals surface area contributed by atoms with Crippen LogP contribution in [0.5, 0.6) is 5.75 Å². The third-order valence-corrected chi connectivity index (χ3v) is 2.48. The van der Waals surface area contributed by atoms with Crippen molar-refractivity contribution in [3.8, 4) is 18.1 Å². The first-order chi connectivity index (χ1) is 9.22. The number of carbonyl (C=O) groups excluding carboxylic acids is 1. The Morgan fingerprint density at radius 2 is 2.21 bits per heavy atom. The van der Waals surface area contributed by atoms with E-state index in [1.165, 1.54) is 0 Å². The van der Waals surface area contributed by atoms with Crippen LogP contribution in [-0.2, 0) is 6.54 Å². The minimum Gasteiger partial charge on any atom is -0.497 e. The lowest BCUT2D eigenvalue weighted by molar-refractivity contribution is 0.0947. The van der Waals surface area contributed by atoms with E-state index in [1.807, 2.05) is 0 Å². The quantitative estimate of drug-likeness (QED) is 0.844. The van der Waals surface area contributed by atoms with E-state index >= 15 is 0 Å². The lowest BCUT2D eigenvalue weighted by Gasteiger charge is -2.04. The lowest BCUT2D eigenvalue weighted by atomic mass is 10.2. The van der Waals surface area contributed by atoms with Crippen LogP contribution in [0.3, 0.4) is 0 Å². The molecule has 0 fully saturated rings. The molecule has 1 heterocycles. The van der Waals surface area contributed by atoms with Gasteiger partial charge in [0, 0.05) is 11.6 Å². The second kappa shape index (κ2) is 5.74. The van der Waals surface area contributed by atoms with Gasteiger partial charge in [-0.3, -0.25) is 4.79 Å². The molecule has 0 aliphatic carbocycles. The molecule has 0 unspecified atom stereocenters. The first-order valence-electron chi connectivity index (χ1n) is 5.57. The molecule has 0 radical (unpaired) electrons. The van der Waals surface area contributed by atoms with E-state index < -0.39 is 0 Å². The molecule has 0 aliphatic heterocycles. The van der Waals surface area contributed by atoms with Crippen LogP contribution in [-0.4, -0.2) is 18.2 Å². The zero-order valence-electron chi connectivity index (χ0n) is 10.3. The molecule has 0 spiro atoms. The zero-order chi connectivity index (χ0) is 13.7. The van der Waals surface area contributed by atoms with Crippen molar-refractivity contribution in [2.45, 2.75) is 6.54 Å². The van der Waals surface area contributed by atoms with Crippen LogP contribution in [0.4, 0.5) is 0 Å². The summed E-state index contributed by atoms with van der Waals surface area (Å²) in [5.74, 6) is 3.35. The highest BCUT2D eigenvalue weighted by molar-refractivity contribution is 5.94. The molecular formula is C14H12N2O3. The number of methoxy groups -OCH3 is 1. The predicted octanol–water partition coefficient (Wildman–Crippen LogP) is 1.59. The summed E-state index contributed by atoms with van der Waals surface area (Å²) in [6.07, 6.45) is 5.17. The molecule has 2 rings (SSSR count). The van der Waals surface area contributed by atoms with Crippen molar-refractivity contribution >= 4 is 5.91 Å². The summed E-state index contributed by atoms with van der Waals surface area (Å²) >= 11 is 0. The average Bonchev–Trinajstić information content (AvgIpc) is 2.93. The number of carbonyl (C=O) groups is 1. The van der Waals surface area contributed by atoms with Gasteiger partial charge in [0.05, 0.1) is 13.7 Å². The van der Waals surface area contributed by atoms with Crippen molar-refractivity contribution < 1.29 is 14.1 Å². The highest BCUT2D eigenvalue weighted by Gasteiger charge is 2.07. The Morgan fingerprint density at radius 3 is 2.79 bits per heavy atom. The van der Waals surface area contributed by atoms with E-state index in [1.54, 1.807) is 37.4 Å². The summed E-state index contributed by atoms with van der Waals surface area (Å²) in [7, 11) is 1.57. The number of amides is 1. The van der Waals surface area contributed by atoms with Gasteiger partial charge >= 0.3 is 0 Å². The first-order valence-corrected chi connectivity index (χ1v) is 5.57. The summed E-state index contributed by atoms with van der Waals surface area (Å²) in [6.45, 7) is 0.236. The van der Waals surface area contributed by atoms with Crippen molar-refractivity contribution in [3.05, 3.63) is 47.3 Å². The van der Waals surface area contributed by atoms with Gasteiger partial charge in [-0.1, -0.05) is 5.16 Å². The topological polar surface area (TPSA) is 64.4 Å². The Bertz CT molecular complexity index is 608. The molecule has 0 atom stereocenters. The number of rotatable bonds is 4. The normalized spacial score (nSPS) is 9.68. The fourth-order valence-corrected chi connectivity index (χ4v) is 1.48. The number of aromatic nitrogens is 1. The Labute approximate surface area is 110 Å². The standard InChI is InChI=1S/C14H12N2O3/c1-3-11-8-13(19-16-11)9-15-14(17)10-4-6-12(18-2)7-5-10/h1,4-8H,9H2,2H3,(H,15,17). The second-order valence-electron chi connectivity index (χ2n) is 3.73. The summed E-state index contributed by atoms with van der Waals surface area (Å²) in [4.78, 5) is 11.8. The van der Waals surface area contributed by atoms with E-state index in [0.717, 1.165) is 0 Å². The van der Waals surface area contributed by atoms with Gasteiger partial charge in [-0.05, 0) is 30.2 Å². The van der Waals surface area contributed by atoms with Crippen molar-refractivity contribution in [2.75, 3.05) is 7.11 Å². The predicted molar refractivity (Wildman–Crippen MR) is 68.6 cm³/mol. The minimum absolute atomic E-state index is 0.207. The number of ether oxygens (including phenoxy) is 1. The first kappa shape index (κ1) is 12.7. The Balaban J connectivity index is 1.95. The molecular weight excluding hydrogens is 244 g/mol. The van der Waals surface area contributed by atoms with Crippen LogP contribution in [0.2, 0.25) is 0 Å². The number of hydrogen-bond donors (Lipinski definition) is 1. The summed E-state index contributed by atoms with van der Waals surface area (Å²) in [5, 5.41) is 6.34. The van der Waals surface area contributed by atoms with Gasteiger partial charge in [-0.25, -0.2) is 0 Å². The molecule has 1 aromatic carbocycles. The average molecular weight is 256 g/mol. The highest BCUT2D eigenvalue weighted by Crippen LogP contribution is 2.11. The Hall–Kier alpha value is -2.74. The molecule has 19 heavy (non-hydrogen) atoms. The monoisotopic (exact) mass is 256 g/mol. The van der Waals surface area contributed by atoms with Gasteiger partial charge in [0.25, 0.3) is 5.91 Å². The van der Waals surface area contributed by atoms with E-state index in [0.29, 0.717) is 22.8 Å². The maximum Gasteiger partial charge on any atom is 0.251 e. The summed E-state index contributed by atoms with van der Waals surface area (Å²) < 4.78 is 9.97. The van der Waals surface area contributed by atoms with Crippen molar-refractivity contribution in [1.82, 2.24) is 10.5 Å². The smallest absolute Gasteiger partial charge is 0.251 e. The maximum absolute atomic E-state index is 11.8. The van der Waals surface area contributed by atoms with Crippen LogP contribution in [0, 0.1) is 12.3 Å². The molecule has 5 heteroatoms. The summed E-state index contributed by atoms with van der Waals surface area (Å²) in [5.41, 5.74) is 0.950. The van der Waals surface area contributed by atoms with Gasteiger partial charge in [-0.15, -0.1) is 6.42 Å². The SMILES string of the molecule is C#Cc1cc(CNC(=O)c2ccc(OC)cc2)on1. The van der Waals surface area contributed by atoms with Gasteiger partial charge in [-0.2, -0.15) is 0 Å². The second-order valence-corrected chi connectivity index (χ2v) is 3.73. The van der Waals surface area contributed by atoms with E-state index in [-0.39, 0.29) is 12.5 Å². The van der Waals surface area contributed by atoms with Crippen molar-refractivity contribution in [1.29, 1.82) is 0 Å². The summed E-state index contributed by atoms with van der Waals surface area (Å²) in [6, 6.07) is 8.41. The Kier molecular flexibility index (Phi) is 3.84. The van der Waals surface area contributed by atoms with E-state index in [2.05, 4.69) is 16.4 Å². The number of nitrogens with one attached hydrogen (secondary N) is 1. The molecule has 1 aromatic heterocycles. The Morgan fingerprint density at radius 1 is 1.47 bits per heavy atom. The largest absolute Gasteiger partial charge is 0.497 e. The number of nitrogens with zero attached hydrogens (tertiary/aromatic N) is 1. The van der Waals surface area contributed by atoms with Gasteiger partial charge in [0.1, 0.15) is 5.75 Å². The maximum atomic E-state index is 11.8. The van der Waals surface area contributed by atoms with Crippen LogP contribution in [0.1, 0.15) is 21.8 Å². The third-order valence-electron chi connectivity index (χ3n) is 2.48. The molecule has 0 bridgehead atoms. The molecule has 5 nitrogen and oxygen atoms in total.